The van der Waals surface area contributed by atoms with Crippen LogP contribution < -0.4 is 4.90 Å². The number of nitro benzene ring substituents is 1. The van der Waals surface area contributed by atoms with E-state index in [1.54, 1.807) is 17.0 Å². The van der Waals surface area contributed by atoms with Crippen molar-refractivity contribution in [1.29, 1.82) is 0 Å². The number of benzene rings is 1. The Bertz CT molecular complexity index is 661. The van der Waals surface area contributed by atoms with Crippen LogP contribution in [0.25, 0.3) is 11.0 Å². The Morgan fingerprint density at radius 2 is 2.05 bits per heavy atom. The van der Waals surface area contributed by atoms with E-state index >= 15 is 0 Å². The number of fused-ring (bicyclic) bond motifs is 1. The molecule has 2 aromatic rings. The summed E-state index contributed by atoms with van der Waals surface area (Å²) in [7, 11) is 0. The third-order valence-corrected chi connectivity index (χ3v) is 3.47. The van der Waals surface area contributed by atoms with E-state index in [1.165, 1.54) is 6.07 Å². The van der Waals surface area contributed by atoms with E-state index in [0.29, 0.717) is 11.5 Å². The van der Waals surface area contributed by atoms with Gasteiger partial charge in [0.25, 0.3) is 11.6 Å². The molecule has 3 rings (SSSR count). The fraction of sp³-hybridized carbons (Fsp3) is 0.417. The number of aromatic amines is 1. The third kappa shape index (κ3) is 2.17. The minimum atomic E-state index is -2.63. The lowest BCUT2D eigenvalue weighted by atomic mass is 10.1. The molecule has 8 heteroatoms. The summed E-state index contributed by atoms with van der Waals surface area (Å²) in [5.74, 6) is -2.22. The van der Waals surface area contributed by atoms with E-state index in [0.717, 1.165) is 0 Å². The highest BCUT2D eigenvalue weighted by Crippen LogP contribution is 2.31. The van der Waals surface area contributed by atoms with E-state index in [1.807, 2.05) is 0 Å². The van der Waals surface area contributed by atoms with Crippen LogP contribution in [0.2, 0.25) is 0 Å². The Kier molecular flexibility index (Phi) is 2.81. The van der Waals surface area contributed by atoms with Crippen molar-refractivity contribution in [1.82, 2.24) is 9.97 Å². The minimum Gasteiger partial charge on any atom is -0.342 e. The van der Waals surface area contributed by atoms with Gasteiger partial charge in [-0.2, -0.15) is 0 Å². The smallest absolute Gasteiger partial charge is 0.297 e. The number of alkyl halides is 2. The molecule has 0 unspecified atom stereocenters. The van der Waals surface area contributed by atoms with Crippen molar-refractivity contribution in [3.05, 3.63) is 28.3 Å². The lowest BCUT2D eigenvalue weighted by Crippen LogP contribution is -2.39. The van der Waals surface area contributed by atoms with Crippen LogP contribution in [0.3, 0.4) is 0 Å². The Hall–Kier alpha value is -2.25. The van der Waals surface area contributed by atoms with Crippen molar-refractivity contribution in [2.75, 3.05) is 18.0 Å². The highest BCUT2D eigenvalue weighted by Gasteiger charge is 2.35. The minimum absolute atomic E-state index is 0.0904. The summed E-state index contributed by atoms with van der Waals surface area (Å²) in [6.45, 7) is 0.362. The number of aromatic nitrogens is 2. The average Bonchev–Trinajstić information content (AvgIpc) is 2.81. The standard InChI is InChI=1S/C12H12F2N4O2/c13-12(14)4-6-17(7-5-12)11-15-8-2-1-3-9(18(19)20)10(8)16-11/h1-3H,4-7H2,(H,15,16). The third-order valence-electron chi connectivity index (χ3n) is 3.47. The SMILES string of the molecule is O=[N+]([O-])c1cccc2[nH]c(N3CCC(F)(F)CC3)nc12. The molecular formula is C12H12F2N4O2. The molecule has 0 radical (unpaired) electrons. The number of hydrogen-bond acceptors (Lipinski definition) is 4. The normalized spacial score (nSPS) is 18.4. The monoisotopic (exact) mass is 282 g/mol. The van der Waals surface area contributed by atoms with Crippen LogP contribution in [0.4, 0.5) is 20.4 Å². The molecule has 1 aromatic heterocycles. The van der Waals surface area contributed by atoms with Crippen molar-refractivity contribution in [3.8, 4) is 0 Å². The highest BCUT2D eigenvalue weighted by atomic mass is 19.3. The fourth-order valence-corrected chi connectivity index (χ4v) is 2.35. The fourth-order valence-electron chi connectivity index (χ4n) is 2.35. The Morgan fingerprint density at radius 3 is 2.70 bits per heavy atom. The van der Waals surface area contributed by atoms with Crippen molar-refractivity contribution in [2.24, 2.45) is 0 Å². The maximum absolute atomic E-state index is 13.1. The van der Waals surface area contributed by atoms with Gasteiger partial charge < -0.3 is 9.88 Å². The number of para-hydroxylation sites is 1. The number of imidazole rings is 1. The van der Waals surface area contributed by atoms with Crippen molar-refractivity contribution in [3.63, 3.8) is 0 Å². The molecule has 0 spiro atoms. The number of non-ortho nitro benzene ring substituents is 1. The summed E-state index contributed by atoms with van der Waals surface area (Å²) in [6, 6.07) is 4.61. The summed E-state index contributed by atoms with van der Waals surface area (Å²) in [4.78, 5) is 19.3. The van der Waals surface area contributed by atoms with Crippen molar-refractivity contribution < 1.29 is 13.7 Å². The van der Waals surface area contributed by atoms with E-state index in [-0.39, 0.29) is 37.1 Å². The van der Waals surface area contributed by atoms with Crippen LogP contribution in [-0.4, -0.2) is 33.9 Å². The number of rotatable bonds is 2. The Morgan fingerprint density at radius 1 is 1.35 bits per heavy atom. The second kappa shape index (κ2) is 4.39. The molecular weight excluding hydrogens is 270 g/mol. The molecule has 0 bridgehead atoms. The number of nitrogens with zero attached hydrogens (tertiary/aromatic N) is 3. The van der Waals surface area contributed by atoms with Gasteiger partial charge in [0.2, 0.25) is 5.95 Å². The van der Waals surface area contributed by atoms with Gasteiger partial charge in [-0.25, -0.2) is 13.8 Å². The van der Waals surface area contributed by atoms with Crippen LogP contribution >= 0.6 is 0 Å². The average molecular weight is 282 g/mol. The molecule has 1 aromatic carbocycles. The molecule has 0 amide bonds. The molecule has 106 valence electrons. The number of hydrogen-bond donors (Lipinski definition) is 1. The van der Waals surface area contributed by atoms with Gasteiger partial charge >= 0.3 is 0 Å². The predicted molar refractivity (Wildman–Crippen MR) is 69.1 cm³/mol. The number of nitrogens with one attached hydrogen (secondary N) is 1. The zero-order valence-electron chi connectivity index (χ0n) is 10.5. The van der Waals surface area contributed by atoms with Crippen molar-refractivity contribution in [2.45, 2.75) is 18.8 Å². The first-order valence-electron chi connectivity index (χ1n) is 6.22. The van der Waals surface area contributed by atoms with E-state index in [4.69, 9.17) is 0 Å². The Balaban J connectivity index is 1.94. The lowest BCUT2D eigenvalue weighted by molar-refractivity contribution is -0.383. The molecule has 1 N–H and O–H groups in total. The first kappa shape index (κ1) is 12.8. The molecule has 0 aliphatic carbocycles. The van der Waals surface area contributed by atoms with Crippen LogP contribution in [0.15, 0.2) is 18.2 Å². The van der Waals surface area contributed by atoms with E-state index in [9.17, 15) is 18.9 Å². The molecule has 6 nitrogen and oxygen atoms in total. The number of anilines is 1. The van der Waals surface area contributed by atoms with Crippen molar-refractivity contribution >= 4 is 22.7 Å². The quantitative estimate of drug-likeness (QED) is 0.678. The first-order valence-corrected chi connectivity index (χ1v) is 6.22. The number of piperidine rings is 1. The molecule has 1 aliphatic heterocycles. The number of halogens is 2. The molecule has 2 heterocycles. The van der Waals surface area contributed by atoms with Crippen LogP contribution in [-0.2, 0) is 0 Å². The van der Waals surface area contributed by atoms with Gasteiger partial charge in [0, 0.05) is 32.0 Å². The molecule has 20 heavy (non-hydrogen) atoms. The maximum Gasteiger partial charge on any atom is 0.297 e. The second-order valence-electron chi connectivity index (χ2n) is 4.83. The van der Waals surface area contributed by atoms with Gasteiger partial charge in [-0.1, -0.05) is 6.07 Å². The lowest BCUT2D eigenvalue weighted by Gasteiger charge is -2.31. The van der Waals surface area contributed by atoms with Crippen LogP contribution in [0.5, 0.6) is 0 Å². The summed E-state index contributed by atoms with van der Waals surface area (Å²) in [5, 5.41) is 10.9. The van der Waals surface area contributed by atoms with Gasteiger partial charge in [0.15, 0.2) is 5.52 Å². The van der Waals surface area contributed by atoms with Crippen LogP contribution in [0.1, 0.15) is 12.8 Å². The van der Waals surface area contributed by atoms with Gasteiger partial charge in [0.1, 0.15) is 0 Å². The molecule has 0 saturated carbocycles. The highest BCUT2D eigenvalue weighted by molar-refractivity contribution is 5.86. The van der Waals surface area contributed by atoms with Crippen LogP contribution in [0, 0.1) is 10.1 Å². The second-order valence-corrected chi connectivity index (χ2v) is 4.83. The summed E-state index contributed by atoms with van der Waals surface area (Å²) < 4.78 is 26.2. The number of nitro groups is 1. The largest absolute Gasteiger partial charge is 0.342 e. The van der Waals surface area contributed by atoms with Gasteiger partial charge in [-0.05, 0) is 6.07 Å². The first-order chi connectivity index (χ1) is 9.46. The molecule has 0 atom stereocenters. The molecule has 1 fully saturated rings. The Labute approximate surface area is 112 Å². The molecule has 1 aliphatic rings. The summed E-state index contributed by atoms with van der Waals surface area (Å²) in [6.07, 6.45) is -0.460. The summed E-state index contributed by atoms with van der Waals surface area (Å²) >= 11 is 0. The molecule has 1 saturated heterocycles. The van der Waals surface area contributed by atoms with Gasteiger partial charge in [-0.15, -0.1) is 0 Å². The summed E-state index contributed by atoms with van der Waals surface area (Å²) in [5.41, 5.74) is 0.698. The van der Waals surface area contributed by atoms with E-state index < -0.39 is 10.8 Å². The number of H-pyrrole nitrogens is 1. The van der Waals surface area contributed by atoms with E-state index in [2.05, 4.69) is 9.97 Å². The van der Waals surface area contributed by atoms with Gasteiger partial charge in [-0.3, -0.25) is 10.1 Å². The zero-order chi connectivity index (χ0) is 14.3. The van der Waals surface area contributed by atoms with Gasteiger partial charge in [0.05, 0.1) is 10.4 Å². The maximum atomic E-state index is 13.1. The topological polar surface area (TPSA) is 75.1 Å². The zero-order valence-corrected chi connectivity index (χ0v) is 10.5. The predicted octanol–water partition coefficient (Wildman–Crippen LogP) is 2.71.